The molecule has 0 amide bonds. The summed E-state index contributed by atoms with van der Waals surface area (Å²) in [5.41, 5.74) is 0. The topological polar surface area (TPSA) is 63.6 Å². The summed E-state index contributed by atoms with van der Waals surface area (Å²) in [7, 11) is 0. The predicted molar refractivity (Wildman–Crippen MR) is 107 cm³/mol. The lowest BCUT2D eigenvalue weighted by Crippen LogP contribution is -2.14. The Bertz CT molecular complexity index is 341. The highest BCUT2D eigenvalue weighted by atomic mass is 16.5. The van der Waals surface area contributed by atoms with Crippen molar-refractivity contribution in [3.8, 4) is 0 Å². The maximum atomic E-state index is 11.5. The molecular weight excluding hydrogens is 328 g/mol. The minimum atomic E-state index is -0.953. The lowest BCUT2D eigenvalue weighted by Gasteiger charge is -2.14. The number of carbonyl (C=O) groups is 2. The normalized spacial score (nSPS) is 12.1. The van der Waals surface area contributed by atoms with E-state index in [0.29, 0.717) is 12.5 Å². The zero-order chi connectivity index (χ0) is 19.5. The molecule has 0 aromatic heterocycles. The highest BCUT2D eigenvalue weighted by Crippen LogP contribution is 2.17. The lowest BCUT2D eigenvalue weighted by molar-refractivity contribution is -0.148. The van der Waals surface area contributed by atoms with Crippen LogP contribution in [0.5, 0.6) is 0 Å². The van der Waals surface area contributed by atoms with Crippen LogP contribution in [0.2, 0.25) is 0 Å². The van der Waals surface area contributed by atoms with Gasteiger partial charge in [0.25, 0.3) is 0 Å². The Balaban J connectivity index is 3.43. The molecule has 0 heterocycles. The number of rotatable bonds is 19. The number of hydrogen-bond donors (Lipinski definition) is 1. The van der Waals surface area contributed by atoms with E-state index < -0.39 is 5.97 Å². The van der Waals surface area contributed by atoms with Gasteiger partial charge in [-0.3, -0.25) is 9.59 Å². The van der Waals surface area contributed by atoms with Gasteiger partial charge in [0.1, 0.15) is 0 Å². The summed E-state index contributed by atoms with van der Waals surface area (Å²) in [6.07, 6.45) is 18.1. The van der Waals surface area contributed by atoms with Crippen LogP contribution in [0.3, 0.4) is 0 Å². The van der Waals surface area contributed by atoms with Gasteiger partial charge in [-0.2, -0.15) is 0 Å². The third-order valence-electron chi connectivity index (χ3n) is 5.07. The largest absolute Gasteiger partial charge is 0.481 e. The fraction of sp³-hybridized carbons (Fsp3) is 0.909. The first-order valence-corrected chi connectivity index (χ1v) is 11.0. The van der Waals surface area contributed by atoms with Crippen molar-refractivity contribution in [1.82, 2.24) is 0 Å². The van der Waals surface area contributed by atoms with Crippen LogP contribution in [0.4, 0.5) is 0 Å². The minimum absolute atomic E-state index is 0.0234. The second-order valence-electron chi connectivity index (χ2n) is 7.53. The van der Waals surface area contributed by atoms with Gasteiger partial charge in [-0.05, 0) is 12.3 Å². The molecule has 26 heavy (non-hydrogen) atoms. The SMILES string of the molecule is CCCCCCCCCCCCCCC(CC)COC(=O)CCC(=O)O. The van der Waals surface area contributed by atoms with E-state index in [1.165, 1.54) is 77.0 Å². The molecule has 0 fully saturated rings. The van der Waals surface area contributed by atoms with Crippen LogP contribution in [0, 0.1) is 5.92 Å². The summed E-state index contributed by atoms with van der Waals surface area (Å²) in [6.45, 7) is 4.82. The third-order valence-corrected chi connectivity index (χ3v) is 5.07. The molecule has 4 heteroatoms. The van der Waals surface area contributed by atoms with Gasteiger partial charge in [0.05, 0.1) is 19.4 Å². The maximum absolute atomic E-state index is 11.5. The van der Waals surface area contributed by atoms with Crippen LogP contribution < -0.4 is 0 Å². The third kappa shape index (κ3) is 17.8. The van der Waals surface area contributed by atoms with Crippen molar-refractivity contribution < 1.29 is 19.4 Å². The van der Waals surface area contributed by atoms with E-state index in [4.69, 9.17) is 9.84 Å². The minimum Gasteiger partial charge on any atom is -0.481 e. The molecule has 0 aliphatic carbocycles. The molecular formula is C22H42O4. The molecule has 0 rings (SSSR count). The smallest absolute Gasteiger partial charge is 0.306 e. The molecule has 4 nitrogen and oxygen atoms in total. The first-order valence-electron chi connectivity index (χ1n) is 11.0. The van der Waals surface area contributed by atoms with E-state index in [2.05, 4.69) is 13.8 Å². The van der Waals surface area contributed by atoms with Gasteiger partial charge >= 0.3 is 11.9 Å². The highest BCUT2D eigenvalue weighted by Gasteiger charge is 2.11. The monoisotopic (exact) mass is 370 g/mol. The molecule has 1 unspecified atom stereocenters. The second-order valence-corrected chi connectivity index (χ2v) is 7.53. The molecule has 0 aliphatic rings. The van der Waals surface area contributed by atoms with Crippen molar-refractivity contribution in [2.45, 2.75) is 117 Å². The van der Waals surface area contributed by atoms with E-state index >= 15 is 0 Å². The summed E-state index contributed by atoms with van der Waals surface area (Å²) in [6, 6.07) is 0. The number of ether oxygens (including phenoxy) is 1. The Labute approximate surface area is 161 Å². The summed E-state index contributed by atoms with van der Waals surface area (Å²) >= 11 is 0. The molecule has 0 saturated heterocycles. The molecule has 0 aromatic carbocycles. The van der Waals surface area contributed by atoms with Gasteiger partial charge < -0.3 is 9.84 Å². The van der Waals surface area contributed by atoms with E-state index in [0.717, 1.165) is 12.8 Å². The Morgan fingerprint density at radius 2 is 1.27 bits per heavy atom. The maximum Gasteiger partial charge on any atom is 0.306 e. The Morgan fingerprint density at radius 3 is 1.73 bits per heavy atom. The first kappa shape index (κ1) is 24.9. The summed E-state index contributed by atoms with van der Waals surface area (Å²) in [4.78, 5) is 21.9. The molecule has 0 saturated carbocycles. The van der Waals surface area contributed by atoms with Gasteiger partial charge in [-0.1, -0.05) is 97.3 Å². The summed E-state index contributed by atoms with van der Waals surface area (Å²) in [5.74, 6) is -0.932. The number of hydrogen-bond acceptors (Lipinski definition) is 3. The number of unbranched alkanes of at least 4 members (excludes halogenated alkanes) is 11. The molecule has 0 aromatic rings. The second kappa shape index (κ2) is 18.7. The van der Waals surface area contributed by atoms with Crippen molar-refractivity contribution in [2.75, 3.05) is 6.61 Å². The molecule has 0 radical (unpaired) electrons. The predicted octanol–water partition coefficient (Wildman–Crippen LogP) is 6.51. The molecule has 1 N–H and O–H groups in total. The van der Waals surface area contributed by atoms with Gasteiger partial charge in [-0.25, -0.2) is 0 Å². The molecule has 1 atom stereocenters. The summed E-state index contributed by atoms with van der Waals surface area (Å²) < 4.78 is 5.20. The lowest BCUT2D eigenvalue weighted by atomic mass is 9.98. The average molecular weight is 371 g/mol. The average Bonchev–Trinajstić information content (AvgIpc) is 2.63. The fourth-order valence-corrected chi connectivity index (χ4v) is 3.17. The number of carboxylic acids is 1. The van der Waals surface area contributed by atoms with Crippen LogP contribution >= 0.6 is 0 Å². The van der Waals surface area contributed by atoms with Crippen LogP contribution in [0.25, 0.3) is 0 Å². The van der Waals surface area contributed by atoms with E-state index in [9.17, 15) is 9.59 Å². The number of aliphatic carboxylic acids is 1. The van der Waals surface area contributed by atoms with Gasteiger partial charge in [0.15, 0.2) is 0 Å². The van der Waals surface area contributed by atoms with Crippen LogP contribution in [0.1, 0.15) is 117 Å². The van der Waals surface area contributed by atoms with Crippen molar-refractivity contribution in [1.29, 1.82) is 0 Å². The number of esters is 1. The van der Waals surface area contributed by atoms with Crippen molar-refractivity contribution in [3.63, 3.8) is 0 Å². The number of carboxylic acid groups (broad SMARTS) is 1. The first-order chi connectivity index (χ1) is 12.6. The molecule has 0 bridgehead atoms. The highest BCUT2D eigenvalue weighted by molar-refractivity contribution is 5.76. The van der Waals surface area contributed by atoms with Crippen LogP contribution in [-0.4, -0.2) is 23.7 Å². The van der Waals surface area contributed by atoms with Crippen LogP contribution in [0.15, 0.2) is 0 Å². The fourth-order valence-electron chi connectivity index (χ4n) is 3.17. The quantitative estimate of drug-likeness (QED) is 0.208. The van der Waals surface area contributed by atoms with Crippen molar-refractivity contribution >= 4 is 11.9 Å². The van der Waals surface area contributed by atoms with Crippen LogP contribution in [-0.2, 0) is 14.3 Å². The Hall–Kier alpha value is -1.06. The zero-order valence-electron chi connectivity index (χ0n) is 17.3. The molecule has 0 spiro atoms. The van der Waals surface area contributed by atoms with E-state index in [1.807, 2.05) is 0 Å². The standard InChI is InChI=1S/C22H42O4/c1-3-5-6-7-8-9-10-11-12-13-14-15-16-20(4-2)19-26-22(25)18-17-21(23)24/h20H,3-19H2,1-2H3,(H,23,24). The molecule has 0 aliphatic heterocycles. The van der Waals surface area contributed by atoms with E-state index in [-0.39, 0.29) is 18.8 Å². The van der Waals surface area contributed by atoms with E-state index in [1.54, 1.807) is 0 Å². The van der Waals surface area contributed by atoms with Gasteiger partial charge in [-0.15, -0.1) is 0 Å². The van der Waals surface area contributed by atoms with Gasteiger partial charge in [0.2, 0.25) is 0 Å². The molecule has 154 valence electrons. The van der Waals surface area contributed by atoms with Crippen molar-refractivity contribution in [2.24, 2.45) is 5.92 Å². The van der Waals surface area contributed by atoms with Gasteiger partial charge in [0, 0.05) is 0 Å². The summed E-state index contributed by atoms with van der Waals surface area (Å²) in [5, 5.41) is 8.56. The van der Waals surface area contributed by atoms with Crippen molar-refractivity contribution in [3.05, 3.63) is 0 Å². The number of carbonyl (C=O) groups excluding carboxylic acids is 1. The Morgan fingerprint density at radius 1 is 0.769 bits per heavy atom. The Kier molecular flexibility index (Phi) is 18.0. The zero-order valence-corrected chi connectivity index (χ0v) is 17.3.